The van der Waals surface area contributed by atoms with Gasteiger partial charge in [-0.2, -0.15) is 0 Å². The van der Waals surface area contributed by atoms with Crippen LogP contribution >= 0.6 is 11.3 Å². The van der Waals surface area contributed by atoms with E-state index in [2.05, 4.69) is 10.3 Å². The number of anilines is 1. The summed E-state index contributed by atoms with van der Waals surface area (Å²) in [6.07, 6.45) is 0. The van der Waals surface area contributed by atoms with Gasteiger partial charge in [-0.3, -0.25) is 4.79 Å². The van der Waals surface area contributed by atoms with Crippen LogP contribution in [0, 0.1) is 18.6 Å². The molecule has 1 aromatic carbocycles. The van der Waals surface area contributed by atoms with Crippen LogP contribution in [0.1, 0.15) is 33.9 Å². The van der Waals surface area contributed by atoms with E-state index in [1.807, 2.05) is 0 Å². The Morgan fingerprint density at radius 1 is 1.40 bits per heavy atom. The molecular weight excluding hydrogens is 284 g/mol. The fourth-order valence-corrected chi connectivity index (χ4v) is 2.62. The summed E-state index contributed by atoms with van der Waals surface area (Å²) in [4.78, 5) is 16.3. The Balaban J connectivity index is 2.22. The summed E-state index contributed by atoms with van der Waals surface area (Å²) in [5.74, 6) is -1.84. The number of nitrogens with two attached hydrogens (primary N) is 1. The second-order valence-electron chi connectivity index (χ2n) is 4.30. The number of thiazole rings is 1. The molecule has 0 radical (unpaired) electrons. The minimum atomic E-state index is -0.800. The molecule has 0 saturated carbocycles. The molecule has 0 aliphatic carbocycles. The highest BCUT2D eigenvalue weighted by molar-refractivity contribution is 7.17. The number of halogens is 2. The highest BCUT2D eigenvalue weighted by Gasteiger charge is 2.21. The lowest BCUT2D eigenvalue weighted by atomic mass is 10.1. The number of benzene rings is 1. The van der Waals surface area contributed by atoms with Gasteiger partial charge in [0.25, 0.3) is 5.91 Å². The third-order valence-corrected chi connectivity index (χ3v) is 3.79. The number of aryl methyl sites for hydroxylation is 1. The maximum Gasteiger partial charge on any atom is 0.263 e. The summed E-state index contributed by atoms with van der Waals surface area (Å²) in [6, 6.07) is 2.77. The van der Waals surface area contributed by atoms with Gasteiger partial charge in [-0.15, -0.1) is 0 Å². The number of nitrogens with zero attached hydrogens (tertiary/aromatic N) is 1. The van der Waals surface area contributed by atoms with Crippen LogP contribution in [0.5, 0.6) is 0 Å². The molecule has 2 rings (SSSR count). The largest absolute Gasteiger partial charge is 0.375 e. The minimum Gasteiger partial charge on any atom is -0.375 e. The zero-order chi connectivity index (χ0) is 14.9. The highest BCUT2D eigenvalue weighted by Crippen LogP contribution is 2.23. The zero-order valence-corrected chi connectivity index (χ0v) is 11.7. The van der Waals surface area contributed by atoms with Crippen LogP contribution in [-0.4, -0.2) is 10.9 Å². The van der Waals surface area contributed by atoms with E-state index < -0.39 is 23.6 Å². The molecule has 0 bridgehead atoms. The highest BCUT2D eigenvalue weighted by atomic mass is 32.1. The van der Waals surface area contributed by atoms with Gasteiger partial charge < -0.3 is 11.1 Å². The van der Waals surface area contributed by atoms with Crippen LogP contribution in [0.2, 0.25) is 0 Å². The SMILES string of the molecule is Cc1nc(N)sc1C(=O)NC(C)c1c(F)cccc1F. The summed E-state index contributed by atoms with van der Waals surface area (Å²) in [5, 5.41) is 2.82. The van der Waals surface area contributed by atoms with Gasteiger partial charge in [0.2, 0.25) is 0 Å². The Kier molecular flexibility index (Phi) is 3.99. The van der Waals surface area contributed by atoms with E-state index in [1.54, 1.807) is 6.92 Å². The second kappa shape index (κ2) is 5.54. The van der Waals surface area contributed by atoms with E-state index in [9.17, 15) is 13.6 Å². The first-order chi connectivity index (χ1) is 9.40. The number of amides is 1. The molecule has 1 heterocycles. The van der Waals surface area contributed by atoms with E-state index in [0.29, 0.717) is 10.6 Å². The number of nitrogens with one attached hydrogen (secondary N) is 1. The molecule has 1 atom stereocenters. The van der Waals surface area contributed by atoms with Gasteiger partial charge in [-0.05, 0) is 26.0 Å². The first-order valence-corrected chi connectivity index (χ1v) is 6.69. The molecule has 0 spiro atoms. The lowest BCUT2D eigenvalue weighted by Gasteiger charge is -2.15. The molecule has 2 aromatic rings. The van der Waals surface area contributed by atoms with Crippen molar-refractivity contribution in [3.05, 3.63) is 46.0 Å². The standard InChI is InChI=1S/C13H13F2N3OS/c1-6(10-8(14)4-3-5-9(10)15)17-12(19)11-7(2)18-13(16)20-11/h3-6H,1-2H3,(H2,16,18)(H,17,19). The molecule has 7 heteroatoms. The summed E-state index contributed by atoms with van der Waals surface area (Å²) in [7, 11) is 0. The van der Waals surface area contributed by atoms with E-state index in [0.717, 1.165) is 23.5 Å². The minimum absolute atomic E-state index is 0.170. The molecule has 20 heavy (non-hydrogen) atoms. The van der Waals surface area contributed by atoms with Crippen molar-refractivity contribution >= 4 is 22.4 Å². The van der Waals surface area contributed by atoms with Crippen LogP contribution in [0.3, 0.4) is 0 Å². The lowest BCUT2D eigenvalue weighted by Crippen LogP contribution is -2.27. The van der Waals surface area contributed by atoms with Crippen molar-refractivity contribution in [1.82, 2.24) is 10.3 Å². The van der Waals surface area contributed by atoms with Crippen molar-refractivity contribution in [2.45, 2.75) is 19.9 Å². The van der Waals surface area contributed by atoms with Crippen LogP contribution in [0.4, 0.5) is 13.9 Å². The van der Waals surface area contributed by atoms with Crippen molar-refractivity contribution in [2.24, 2.45) is 0 Å². The predicted octanol–water partition coefficient (Wildman–Crippen LogP) is 2.80. The number of nitrogen functional groups attached to an aromatic ring is 1. The monoisotopic (exact) mass is 297 g/mol. The number of hydrogen-bond donors (Lipinski definition) is 2. The molecule has 1 unspecified atom stereocenters. The maximum absolute atomic E-state index is 13.6. The molecule has 1 aromatic heterocycles. The van der Waals surface area contributed by atoms with Gasteiger partial charge in [0.15, 0.2) is 5.13 Å². The fourth-order valence-electron chi connectivity index (χ4n) is 1.89. The number of carbonyl (C=O) groups excluding carboxylic acids is 1. The van der Waals surface area contributed by atoms with E-state index in [1.165, 1.54) is 13.0 Å². The molecule has 4 nitrogen and oxygen atoms in total. The second-order valence-corrected chi connectivity index (χ2v) is 5.33. The fraction of sp³-hybridized carbons (Fsp3) is 0.231. The van der Waals surface area contributed by atoms with Gasteiger partial charge in [-0.25, -0.2) is 13.8 Å². The Morgan fingerprint density at radius 3 is 2.50 bits per heavy atom. The van der Waals surface area contributed by atoms with Gasteiger partial charge in [0.05, 0.1) is 11.7 Å². The average molecular weight is 297 g/mol. The van der Waals surface area contributed by atoms with Crippen molar-refractivity contribution < 1.29 is 13.6 Å². The lowest BCUT2D eigenvalue weighted by molar-refractivity contribution is 0.0942. The molecule has 0 aliphatic heterocycles. The molecule has 0 fully saturated rings. The number of hydrogen-bond acceptors (Lipinski definition) is 4. The van der Waals surface area contributed by atoms with Crippen LogP contribution < -0.4 is 11.1 Å². The van der Waals surface area contributed by atoms with Gasteiger partial charge in [0, 0.05) is 5.56 Å². The number of aromatic nitrogens is 1. The topological polar surface area (TPSA) is 68.0 Å². The van der Waals surface area contributed by atoms with Gasteiger partial charge in [-0.1, -0.05) is 17.4 Å². The average Bonchev–Trinajstić information content (AvgIpc) is 2.68. The maximum atomic E-state index is 13.6. The first kappa shape index (κ1) is 14.4. The van der Waals surface area contributed by atoms with Crippen LogP contribution in [-0.2, 0) is 0 Å². The van der Waals surface area contributed by atoms with Crippen LogP contribution in [0.15, 0.2) is 18.2 Å². The smallest absolute Gasteiger partial charge is 0.263 e. The molecule has 106 valence electrons. The third-order valence-electron chi connectivity index (χ3n) is 2.80. The summed E-state index contributed by atoms with van der Waals surface area (Å²) in [5.41, 5.74) is 5.84. The molecule has 0 aliphatic rings. The number of carbonyl (C=O) groups is 1. The third kappa shape index (κ3) is 2.77. The Bertz CT molecular complexity index is 637. The van der Waals surface area contributed by atoms with E-state index >= 15 is 0 Å². The van der Waals surface area contributed by atoms with Gasteiger partial charge in [0.1, 0.15) is 16.5 Å². The quantitative estimate of drug-likeness (QED) is 0.915. The Morgan fingerprint density at radius 2 is 2.00 bits per heavy atom. The molecule has 1 amide bonds. The number of rotatable bonds is 3. The summed E-state index contributed by atoms with van der Waals surface area (Å²) < 4.78 is 27.2. The van der Waals surface area contributed by atoms with Crippen molar-refractivity contribution in [3.63, 3.8) is 0 Å². The zero-order valence-electron chi connectivity index (χ0n) is 10.9. The van der Waals surface area contributed by atoms with Crippen molar-refractivity contribution in [3.8, 4) is 0 Å². The van der Waals surface area contributed by atoms with Crippen molar-refractivity contribution in [2.75, 3.05) is 5.73 Å². The normalized spacial score (nSPS) is 12.2. The predicted molar refractivity (Wildman–Crippen MR) is 73.5 cm³/mol. The first-order valence-electron chi connectivity index (χ1n) is 5.87. The van der Waals surface area contributed by atoms with E-state index in [4.69, 9.17) is 5.73 Å². The molecule has 0 saturated heterocycles. The van der Waals surface area contributed by atoms with Crippen LogP contribution in [0.25, 0.3) is 0 Å². The summed E-state index contributed by atoms with van der Waals surface area (Å²) >= 11 is 1.04. The van der Waals surface area contributed by atoms with Crippen molar-refractivity contribution in [1.29, 1.82) is 0 Å². The van der Waals surface area contributed by atoms with Gasteiger partial charge >= 0.3 is 0 Å². The molecular formula is C13H13F2N3OS. The molecule has 3 N–H and O–H groups in total. The van der Waals surface area contributed by atoms with E-state index in [-0.39, 0.29) is 10.7 Å². The Labute approximate surface area is 118 Å². The summed E-state index contributed by atoms with van der Waals surface area (Å²) in [6.45, 7) is 3.16. The Hall–Kier alpha value is -2.02.